The van der Waals surface area contributed by atoms with E-state index in [1.54, 1.807) is 35.5 Å². The van der Waals surface area contributed by atoms with E-state index in [0.717, 1.165) is 5.56 Å². The van der Waals surface area contributed by atoms with Crippen LogP contribution < -0.4 is 5.32 Å². The lowest BCUT2D eigenvalue weighted by Crippen LogP contribution is -2.38. The molecule has 1 N–H and O–H groups in total. The van der Waals surface area contributed by atoms with Crippen LogP contribution in [0.3, 0.4) is 0 Å². The first-order chi connectivity index (χ1) is 10.6. The number of nitrogens with zero attached hydrogens (tertiary/aromatic N) is 1. The monoisotopic (exact) mass is 318 g/mol. The summed E-state index contributed by atoms with van der Waals surface area (Å²) in [6, 6.07) is 7.17. The topological polar surface area (TPSA) is 49.4 Å². The van der Waals surface area contributed by atoms with Crippen molar-refractivity contribution in [3.8, 4) is 0 Å². The molecule has 0 bridgehead atoms. The van der Waals surface area contributed by atoms with Crippen LogP contribution in [-0.4, -0.2) is 29.8 Å². The van der Waals surface area contributed by atoms with E-state index in [2.05, 4.69) is 5.32 Å². The van der Waals surface area contributed by atoms with E-state index in [4.69, 9.17) is 0 Å². The maximum atomic E-state index is 13.1. The van der Waals surface area contributed by atoms with Gasteiger partial charge in [0.1, 0.15) is 5.82 Å². The van der Waals surface area contributed by atoms with Crippen LogP contribution >= 0.6 is 11.3 Å². The van der Waals surface area contributed by atoms with Gasteiger partial charge in [0.05, 0.1) is 12.1 Å². The molecule has 3 rings (SSSR count). The van der Waals surface area contributed by atoms with Crippen molar-refractivity contribution in [1.29, 1.82) is 0 Å². The predicted molar refractivity (Wildman–Crippen MR) is 82.1 cm³/mol. The van der Waals surface area contributed by atoms with Gasteiger partial charge in [-0.05, 0) is 29.1 Å². The molecule has 1 aromatic carbocycles. The third-order valence-corrected chi connectivity index (χ3v) is 4.58. The van der Waals surface area contributed by atoms with Gasteiger partial charge in [-0.2, -0.15) is 11.3 Å². The molecule has 0 saturated carbocycles. The van der Waals surface area contributed by atoms with E-state index in [0.29, 0.717) is 5.56 Å². The molecule has 2 aromatic rings. The Labute approximate surface area is 131 Å². The van der Waals surface area contributed by atoms with Gasteiger partial charge in [-0.1, -0.05) is 12.1 Å². The first kappa shape index (κ1) is 14.7. The number of carbonyl (C=O) groups is 2. The maximum Gasteiger partial charge on any atom is 0.252 e. The molecular weight excluding hydrogens is 303 g/mol. The van der Waals surface area contributed by atoms with Crippen LogP contribution in [0.5, 0.6) is 0 Å². The lowest BCUT2D eigenvalue weighted by Gasteiger charge is -2.26. The van der Waals surface area contributed by atoms with Crippen molar-refractivity contribution in [2.24, 2.45) is 0 Å². The largest absolute Gasteiger partial charge is 0.346 e. The number of nitrogens with one attached hydrogen (secondary N) is 1. The van der Waals surface area contributed by atoms with Gasteiger partial charge in [-0.3, -0.25) is 9.59 Å². The summed E-state index contributed by atoms with van der Waals surface area (Å²) in [5.41, 5.74) is 1.40. The van der Waals surface area contributed by atoms with Crippen LogP contribution in [0.15, 0.2) is 41.1 Å². The van der Waals surface area contributed by atoms with Gasteiger partial charge < -0.3 is 10.2 Å². The SMILES string of the molecule is CN1C(=O)C[C@H](NC(=O)c2ccsc2)[C@@H]1c1ccc(F)cc1. The Bertz CT molecular complexity index is 685. The number of hydrogen-bond donors (Lipinski definition) is 1. The lowest BCUT2D eigenvalue weighted by molar-refractivity contribution is -0.127. The van der Waals surface area contributed by atoms with Gasteiger partial charge >= 0.3 is 0 Å². The molecule has 1 aromatic heterocycles. The van der Waals surface area contributed by atoms with Crippen LogP contribution in [0.2, 0.25) is 0 Å². The summed E-state index contributed by atoms with van der Waals surface area (Å²) in [6.45, 7) is 0. The summed E-state index contributed by atoms with van der Waals surface area (Å²) in [6.07, 6.45) is 0.244. The van der Waals surface area contributed by atoms with E-state index in [1.807, 2.05) is 5.38 Å². The average molecular weight is 318 g/mol. The first-order valence-corrected chi connectivity index (χ1v) is 7.84. The van der Waals surface area contributed by atoms with Crippen molar-refractivity contribution >= 4 is 23.2 Å². The number of benzene rings is 1. The Morgan fingerprint density at radius 3 is 2.68 bits per heavy atom. The number of amides is 2. The van der Waals surface area contributed by atoms with E-state index < -0.39 is 0 Å². The fourth-order valence-electron chi connectivity index (χ4n) is 2.76. The molecule has 22 heavy (non-hydrogen) atoms. The molecule has 2 heterocycles. The summed E-state index contributed by atoms with van der Waals surface area (Å²) in [7, 11) is 1.70. The second-order valence-electron chi connectivity index (χ2n) is 5.30. The summed E-state index contributed by atoms with van der Waals surface area (Å²) < 4.78 is 13.1. The minimum atomic E-state index is -0.324. The van der Waals surface area contributed by atoms with E-state index in [-0.39, 0.29) is 36.1 Å². The third kappa shape index (κ3) is 2.74. The van der Waals surface area contributed by atoms with E-state index >= 15 is 0 Å². The number of rotatable bonds is 3. The highest BCUT2D eigenvalue weighted by atomic mass is 32.1. The summed E-state index contributed by atoms with van der Waals surface area (Å²) in [5, 5.41) is 6.51. The van der Waals surface area contributed by atoms with Crippen LogP contribution in [0, 0.1) is 5.82 Å². The summed E-state index contributed by atoms with van der Waals surface area (Å²) >= 11 is 1.45. The molecule has 4 nitrogen and oxygen atoms in total. The van der Waals surface area contributed by atoms with Crippen molar-refractivity contribution in [3.63, 3.8) is 0 Å². The minimum absolute atomic E-state index is 0.0371. The first-order valence-electron chi connectivity index (χ1n) is 6.90. The number of likely N-dealkylation sites (tertiary alicyclic amines) is 1. The molecular formula is C16H15FN2O2S. The molecule has 6 heteroatoms. The number of likely N-dealkylation sites (N-methyl/N-ethyl adjacent to an activating group) is 1. The zero-order valence-electron chi connectivity index (χ0n) is 12.0. The molecule has 0 unspecified atom stereocenters. The maximum absolute atomic E-state index is 13.1. The zero-order chi connectivity index (χ0) is 15.7. The van der Waals surface area contributed by atoms with E-state index in [9.17, 15) is 14.0 Å². The van der Waals surface area contributed by atoms with Gasteiger partial charge in [-0.15, -0.1) is 0 Å². The van der Waals surface area contributed by atoms with Gasteiger partial charge in [-0.25, -0.2) is 4.39 Å². The Balaban J connectivity index is 1.83. The quantitative estimate of drug-likeness (QED) is 0.945. The molecule has 114 valence electrons. The second kappa shape index (κ2) is 5.88. The van der Waals surface area contributed by atoms with Crippen LogP contribution in [0.4, 0.5) is 4.39 Å². The second-order valence-corrected chi connectivity index (χ2v) is 6.08. The lowest BCUT2D eigenvalue weighted by atomic mass is 10.00. The van der Waals surface area contributed by atoms with Crippen molar-refractivity contribution in [1.82, 2.24) is 10.2 Å². The Morgan fingerprint density at radius 1 is 1.32 bits per heavy atom. The molecule has 0 radical (unpaired) electrons. The highest BCUT2D eigenvalue weighted by Crippen LogP contribution is 2.32. The molecule has 0 aliphatic carbocycles. The van der Waals surface area contributed by atoms with Gasteiger partial charge in [0.25, 0.3) is 5.91 Å². The average Bonchev–Trinajstić information content (AvgIpc) is 3.11. The molecule has 1 saturated heterocycles. The Morgan fingerprint density at radius 2 is 2.05 bits per heavy atom. The molecule has 1 aliphatic heterocycles. The van der Waals surface area contributed by atoms with Crippen LogP contribution in [0.25, 0.3) is 0 Å². The van der Waals surface area contributed by atoms with Crippen LogP contribution in [-0.2, 0) is 4.79 Å². The number of hydrogen-bond acceptors (Lipinski definition) is 3. The van der Waals surface area contributed by atoms with Crippen molar-refractivity contribution in [2.75, 3.05) is 7.05 Å². The molecule has 1 aliphatic rings. The zero-order valence-corrected chi connectivity index (χ0v) is 12.8. The summed E-state index contributed by atoms with van der Waals surface area (Å²) in [5.74, 6) is -0.555. The number of thiophene rings is 1. The number of halogens is 1. The highest BCUT2D eigenvalue weighted by Gasteiger charge is 2.39. The van der Waals surface area contributed by atoms with Gasteiger partial charge in [0, 0.05) is 24.4 Å². The van der Waals surface area contributed by atoms with Gasteiger partial charge in [0.2, 0.25) is 5.91 Å². The van der Waals surface area contributed by atoms with E-state index in [1.165, 1.54) is 23.5 Å². The molecule has 1 fully saturated rings. The fourth-order valence-corrected chi connectivity index (χ4v) is 3.40. The smallest absolute Gasteiger partial charge is 0.252 e. The van der Waals surface area contributed by atoms with Crippen LogP contribution in [0.1, 0.15) is 28.4 Å². The predicted octanol–water partition coefficient (Wildman–Crippen LogP) is 2.59. The van der Waals surface area contributed by atoms with Crippen molar-refractivity contribution in [3.05, 3.63) is 58.0 Å². The highest BCUT2D eigenvalue weighted by molar-refractivity contribution is 7.08. The molecule has 0 spiro atoms. The number of carbonyl (C=O) groups excluding carboxylic acids is 2. The Kier molecular flexibility index (Phi) is 3.94. The van der Waals surface area contributed by atoms with Crippen molar-refractivity contribution in [2.45, 2.75) is 18.5 Å². The van der Waals surface area contributed by atoms with Gasteiger partial charge in [0.15, 0.2) is 0 Å². The minimum Gasteiger partial charge on any atom is -0.346 e. The molecule has 2 atom stereocenters. The molecule has 2 amide bonds. The van der Waals surface area contributed by atoms with Crippen molar-refractivity contribution < 1.29 is 14.0 Å². The normalized spacial score (nSPS) is 21.2. The summed E-state index contributed by atoms with van der Waals surface area (Å²) in [4.78, 5) is 25.8. The fraction of sp³-hybridized carbons (Fsp3) is 0.250. The third-order valence-electron chi connectivity index (χ3n) is 3.90. The Hall–Kier alpha value is -2.21. The standard InChI is InChI=1S/C16H15FN2O2S/c1-19-14(20)8-13(18-16(21)11-6-7-22-9-11)15(19)10-2-4-12(17)5-3-10/h2-7,9,13,15H,8H2,1H3,(H,18,21)/t13-,15-/m0/s1.